The van der Waals surface area contributed by atoms with Gasteiger partial charge in [-0.3, -0.25) is 4.90 Å². The minimum atomic E-state index is 0.801. The summed E-state index contributed by atoms with van der Waals surface area (Å²) < 4.78 is 0. The molecule has 1 heterocycles. The van der Waals surface area contributed by atoms with E-state index in [1.807, 2.05) is 0 Å². The molecule has 1 saturated heterocycles. The van der Waals surface area contributed by atoms with Gasteiger partial charge in [-0.25, -0.2) is 0 Å². The standard InChI is InChI=1S/C12H24N2/c1-10-5-3-2-4-8-14(10)12-7-6-11(12)9-13/h10-12H,2-9,13H2,1H3. The first-order valence-electron chi connectivity index (χ1n) is 6.28. The van der Waals surface area contributed by atoms with Crippen molar-refractivity contribution in [1.82, 2.24) is 4.90 Å². The molecule has 1 aliphatic carbocycles. The second-order valence-corrected chi connectivity index (χ2v) is 5.08. The molecule has 2 heteroatoms. The molecule has 2 N–H and O–H groups in total. The van der Waals surface area contributed by atoms with Crippen molar-refractivity contribution in [3.05, 3.63) is 0 Å². The van der Waals surface area contributed by atoms with Gasteiger partial charge in [-0.2, -0.15) is 0 Å². The van der Waals surface area contributed by atoms with Crippen LogP contribution in [0.15, 0.2) is 0 Å². The van der Waals surface area contributed by atoms with E-state index >= 15 is 0 Å². The molecule has 82 valence electrons. The topological polar surface area (TPSA) is 29.3 Å². The second-order valence-electron chi connectivity index (χ2n) is 5.08. The largest absolute Gasteiger partial charge is 0.330 e. The minimum Gasteiger partial charge on any atom is -0.330 e. The molecule has 0 spiro atoms. The minimum absolute atomic E-state index is 0.801. The Kier molecular flexibility index (Phi) is 3.45. The van der Waals surface area contributed by atoms with Gasteiger partial charge >= 0.3 is 0 Å². The van der Waals surface area contributed by atoms with E-state index in [0.29, 0.717) is 0 Å². The van der Waals surface area contributed by atoms with Gasteiger partial charge in [0.2, 0.25) is 0 Å². The Morgan fingerprint density at radius 2 is 2.00 bits per heavy atom. The molecule has 2 rings (SSSR count). The van der Waals surface area contributed by atoms with E-state index in [4.69, 9.17) is 5.73 Å². The van der Waals surface area contributed by atoms with E-state index in [2.05, 4.69) is 11.8 Å². The Morgan fingerprint density at radius 1 is 1.14 bits per heavy atom. The van der Waals surface area contributed by atoms with Crippen molar-refractivity contribution in [3.8, 4) is 0 Å². The molecule has 0 radical (unpaired) electrons. The Bertz CT molecular complexity index is 179. The Morgan fingerprint density at radius 3 is 2.64 bits per heavy atom. The van der Waals surface area contributed by atoms with Gasteiger partial charge in [0.15, 0.2) is 0 Å². The molecular weight excluding hydrogens is 172 g/mol. The van der Waals surface area contributed by atoms with Crippen LogP contribution in [0.1, 0.15) is 45.4 Å². The van der Waals surface area contributed by atoms with Gasteiger partial charge in [0.1, 0.15) is 0 Å². The van der Waals surface area contributed by atoms with Gasteiger partial charge in [0.05, 0.1) is 0 Å². The maximum absolute atomic E-state index is 5.79. The van der Waals surface area contributed by atoms with E-state index < -0.39 is 0 Å². The normalized spacial score (nSPS) is 40.3. The Balaban J connectivity index is 1.93. The lowest BCUT2D eigenvalue weighted by Crippen LogP contribution is -2.52. The third-order valence-electron chi connectivity index (χ3n) is 4.21. The fraction of sp³-hybridized carbons (Fsp3) is 1.00. The van der Waals surface area contributed by atoms with Gasteiger partial charge < -0.3 is 5.73 Å². The van der Waals surface area contributed by atoms with E-state index in [-0.39, 0.29) is 0 Å². The summed E-state index contributed by atoms with van der Waals surface area (Å²) in [7, 11) is 0. The van der Waals surface area contributed by atoms with E-state index in [0.717, 1.165) is 24.5 Å². The molecule has 0 amide bonds. The first-order chi connectivity index (χ1) is 6.83. The average Bonchev–Trinajstić information content (AvgIpc) is 2.31. The fourth-order valence-corrected chi connectivity index (χ4v) is 3.05. The summed E-state index contributed by atoms with van der Waals surface area (Å²) in [5.41, 5.74) is 5.79. The predicted molar refractivity (Wildman–Crippen MR) is 60.2 cm³/mol. The monoisotopic (exact) mass is 196 g/mol. The highest BCUT2D eigenvalue weighted by atomic mass is 15.2. The van der Waals surface area contributed by atoms with Crippen molar-refractivity contribution in [2.24, 2.45) is 11.7 Å². The SMILES string of the molecule is CC1CCCCCN1C1CCC1CN. The van der Waals surface area contributed by atoms with Crippen LogP contribution in [0, 0.1) is 5.92 Å². The number of likely N-dealkylation sites (tertiary alicyclic amines) is 1. The van der Waals surface area contributed by atoms with Crippen LogP contribution >= 0.6 is 0 Å². The molecule has 2 aliphatic rings. The summed E-state index contributed by atoms with van der Waals surface area (Å²) >= 11 is 0. The number of nitrogens with zero attached hydrogens (tertiary/aromatic N) is 1. The highest BCUT2D eigenvalue weighted by Gasteiger charge is 2.36. The maximum Gasteiger partial charge on any atom is 0.0138 e. The molecule has 0 bridgehead atoms. The zero-order valence-corrected chi connectivity index (χ0v) is 9.41. The Labute approximate surface area is 87.8 Å². The highest BCUT2D eigenvalue weighted by Crippen LogP contribution is 2.34. The van der Waals surface area contributed by atoms with Crippen LogP contribution in [-0.4, -0.2) is 30.1 Å². The zero-order valence-electron chi connectivity index (χ0n) is 9.41. The van der Waals surface area contributed by atoms with Crippen LogP contribution in [0.3, 0.4) is 0 Å². The fourth-order valence-electron chi connectivity index (χ4n) is 3.05. The predicted octanol–water partition coefficient (Wildman–Crippen LogP) is 1.99. The van der Waals surface area contributed by atoms with Gasteiger partial charge in [0.25, 0.3) is 0 Å². The van der Waals surface area contributed by atoms with Crippen LogP contribution in [0.25, 0.3) is 0 Å². The van der Waals surface area contributed by atoms with Crippen LogP contribution < -0.4 is 5.73 Å². The van der Waals surface area contributed by atoms with Crippen molar-refractivity contribution in [2.45, 2.75) is 57.5 Å². The van der Waals surface area contributed by atoms with Gasteiger partial charge in [-0.15, -0.1) is 0 Å². The smallest absolute Gasteiger partial charge is 0.0138 e. The van der Waals surface area contributed by atoms with Gasteiger partial charge in [-0.1, -0.05) is 12.8 Å². The molecule has 0 aromatic rings. The summed E-state index contributed by atoms with van der Waals surface area (Å²) in [4.78, 5) is 2.74. The third kappa shape index (κ3) is 1.96. The summed E-state index contributed by atoms with van der Waals surface area (Å²) in [5, 5.41) is 0. The highest BCUT2D eigenvalue weighted by molar-refractivity contribution is 4.91. The molecule has 1 aliphatic heterocycles. The van der Waals surface area contributed by atoms with Crippen LogP contribution in [0.4, 0.5) is 0 Å². The quantitative estimate of drug-likeness (QED) is 0.732. The first kappa shape index (κ1) is 10.4. The lowest BCUT2D eigenvalue weighted by atomic mass is 9.78. The molecule has 0 aromatic heterocycles. The van der Waals surface area contributed by atoms with Crippen molar-refractivity contribution in [1.29, 1.82) is 0 Å². The number of rotatable bonds is 2. The number of hydrogen-bond acceptors (Lipinski definition) is 2. The first-order valence-corrected chi connectivity index (χ1v) is 6.28. The summed E-state index contributed by atoms with van der Waals surface area (Å²) in [6.45, 7) is 4.62. The molecule has 2 fully saturated rings. The van der Waals surface area contributed by atoms with E-state index in [9.17, 15) is 0 Å². The Hall–Kier alpha value is -0.0800. The van der Waals surface area contributed by atoms with Crippen molar-refractivity contribution in [3.63, 3.8) is 0 Å². The number of hydrogen-bond donors (Lipinski definition) is 1. The maximum atomic E-state index is 5.79. The molecule has 2 nitrogen and oxygen atoms in total. The van der Waals surface area contributed by atoms with Gasteiger partial charge in [-0.05, 0) is 51.6 Å². The van der Waals surface area contributed by atoms with E-state index in [1.165, 1.54) is 45.1 Å². The third-order valence-corrected chi connectivity index (χ3v) is 4.21. The summed E-state index contributed by atoms with van der Waals surface area (Å²) in [5.74, 6) is 0.801. The summed E-state index contributed by atoms with van der Waals surface area (Å²) in [6.07, 6.45) is 8.42. The molecule has 3 unspecified atom stereocenters. The average molecular weight is 196 g/mol. The van der Waals surface area contributed by atoms with Crippen molar-refractivity contribution in [2.75, 3.05) is 13.1 Å². The zero-order chi connectivity index (χ0) is 9.97. The molecule has 3 atom stereocenters. The van der Waals surface area contributed by atoms with Crippen LogP contribution in [0.2, 0.25) is 0 Å². The second kappa shape index (κ2) is 4.63. The molecular formula is C12H24N2. The molecule has 0 aromatic carbocycles. The molecule has 14 heavy (non-hydrogen) atoms. The number of nitrogens with two attached hydrogens (primary N) is 1. The van der Waals surface area contributed by atoms with Crippen molar-refractivity contribution >= 4 is 0 Å². The van der Waals surface area contributed by atoms with E-state index in [1.54, 1.807) is 0 Å². The lowest BCUT2D eigenvalue weighted by Gasteiger charge is -2.46. The summed E-state index contributed by atoms with van der Waals surface area (Å²) in [6, 6.07) is 1.63. The van der Waals surface area contributed by atoms with Crippen LogP contribution in [-0.2, 0) is 0 Å². The van der Waals surface area contributed by atoms with Gasteiger partial charge in [0, 0.05) is 12.1 Å². The van der Waals surface area contributed by atoms with Crippen molar-refractivity contribution < 1.29 is 0 Å². The molecule has 1 saturated carbocycles. The lowest BCUT2D eigenvalue weighted by molar-refractivity contribution is 0.0387. The van der Waals surface area contributed by atoms with Crippen LogP contribution in [0.5, 0.6) is 0 Å².